The van der Waals surface area contributed by atoms with Gasteiger partial charge in [-0.05, 0) is 25.3 Å². The Hall–Kier alpha value is -3.14. The van der Waals surface area contributed by atoms with E-state index in [4.69, 9.17) is 9.98 Å². The number of aromatic nitrogens is 5. The highest BCUT2D eigenvalue weighted by Crippen LogP contribution is 2.23. The van der Waals surface area contributed by atoms with Crippen LogP contribution < -0.4 is 21.3 Å². The summed E-state index contributed by atoms with van der Waals surface area (Å²) >= 11 is 0. The van der Waals surface area contributed by atoms with Crippen LogP contribution in [0.1, 0.15) is 25.0 Å². The lowest BCUT2D eigenvalue weighted by atomic mass is 10.3. The lowest BCUT2D eigenvalue weighted by Gasteiger charge is -2.16. The Morgan fingerprint density at radius 1 is 1.30 bits per heavy atom. The van der Waals surface area contributed by atoms with E-state index < -0.39 is 5.69 Å². The van der Waals surface area contributed by atoms with Crippen molar-refractivity contribution >= 4 is 17.5 Å². The number of aliphatic hydroxyl groups is 1. The second-order valence-corrected chi connectivity index (χ2v) is 7.04. The number of fused-ring (bicyclic) bond motifs is 1. The SMILES string of the molecule is O=c1[nH]c(O)c(/C=c2/cnn3c(=NC4CC4)cc(N4CC[C@H](O)C4)nc23)[nH]1. The van der Waals surface area contributed by atoms with Crippen LogP contribution in [-0.2, 0) is 0 Å². The Bertz CT molecular complexity index is 1190. The number of β-amino-alcohol motifs (C(OH)–C–C–N with tert-alkyl or cyclic N) is 1. The van der Waals surface area contributed by atoms with E-state index >= 15 is 0 Å². The van der Waals surface area contributed by atoms with Crippen molar-refractivity contribution in [3.05, 3.63) is 39.1 Å². The standard InChI is InChI=1S/C17H19N7O3/c25-11-3-4-23(8-11)13-6-14(19-10-1-2-10)24-15(21-13)9(7-18-24)5-12-16(26)22-17(27)20-12/h5-7,10-11,25-26H,1-4,8H2,(H2,20,22,27)/b9-5-,19-14?/t11-/m0/s1. The molecule has 27 heavy (non-hydrogen) atoms. The summed E-state index contributed by atoms with van der Waals surface area (Å²) in [5.41, 5.74) is 1.07. The van der Waals surface area contributed by atoms with E-state index in [0.717, 1.165) is 25.2 Å². The lowest BCUT2D eigenvalue weighted by molar-refractivity contribution is 0.198. The first-order valence-corrected chi connectivity index (χ1v) is 8.95. The fraction of sp³-hybridized carbons (Fsp3) is 0.412. The third-order valence-corrected chi connectivity index (χ3v) is 4.85. The molecule has 0 aromatic carbocycles. The van der Waals surface area contributed by atoms with Gasteiger partial charge in [0, 0.05) is 24.4 Å². The van der Waals surface area contributed by atoms with Crippen LogP contribution in [0.15, 0.2) is 22.1 Å². The van der Waals surface area contributed by atoms with Crippen molar-refractivity contribution < 1.29 is 10.2 Å². The first-order chi connectivity index (χ1) is 13.1. The third-order valence-electron chi connectivity index (χ3n) is 4.85. The second-order valence-electron chi connectivity index (χ2n) is 7.04. The van der Waals surface area contributed by atoms with E-state index in [1.54, 1.807) is 16.8 Å². The topological polar surface area (TPSA) is 135 Å². The van der Waals surface area contributed by atoms with E-state index in [9.17, 15) is 15.0 Å². The van der Waals surface area contributed by atoms with Gasteiger partial charge in [0.2, 0.25) is 5.88 Å². The smallest absolute Gasteiger partial charge is 0.326 e. The van der Waals surface area contributed by atoms with Crippen LogP contribution in [0.4, 0.5) is 5.82 Å². The van der Waals surface area contributed by atoms with Gasteiger partial charge in [0.15, 0.2) is 11.1 Å². The largest absolute Gasteiger partial charge is 0.493 e. The van der Waals surface area contributed by atoms with Crippen LogP contribution in [-0.4, -0.2) is 60.0 Å². The van der Waals surface area contributed by atoms with Crippen molar-refractivity contribution in [3.63, 3.8) is 0 Å². The summed E-state index contributed by atoms with van der Waals surface area (Å²) in [6.07, 6.45) is 5.73. The molecular formula is C17H19N7O3. The fourth-order valence-electron chi connectivity index (χ4n) is 3.30. The van der Waals surface area contributed by atoms with Crippen molar-refractivity contribution in [1.29, 1.82) is 0 Å². The molecule has 1 aliphatic carbocycles. The normalized spacial score (nSPS) is 21.7. The fourth-order valence-corrected chi connectivity index (χ4v) is 3.30. The van der Waals surface area contributed by atoms with Crippen LogP contribution in [0.3, 0.4) is 0 Å². The summed E-state index contributed by atoms with van der Waals surface area (Å²) in [6.45, 7) is 1.26. The molecule has 10 heteroatoms. The average Bonchev–Trinajstić information content (AvgIpc) is 3.04. The number of aromatic amines is 2. The maximum Gasteiger partial charge on any atom is 0.326 e. The minimum atomic E-state index is -0.487. The number of anilines is 1. The number of hydrogen-bond acceptors (Lipinski definition) is 7. The summed E-state index contributed by atoms with van der Waals surface area (Å²) in [4.78, 5) is 27.7. The molecule has 3 aromatic heterocycles. The van der Waals surface area contributed by atoms with Gasteiger partial charge in [-0.25, -0.2) is 9.78 Å². The minimum Gasteiger partial charge on any atom is -0.493 e. The highest BCUT2D eigenvalue weighted by atomic mass is 16.3. The van der Waals surface area contributed by atoms with Crippen LogP contribution in [0.2, 0.25) is 0 Å². The Balaban J connectivity index is 1.71. The van der Waals surface area contributed by atoms with Gasteiger partial charge in [-0.15, -0.1) is 0 Å². The molecule has 1 saturated carbocycles. The Morgan fingerprint density at radius 2 is 2.15 bits per heavy atom. The summed E-state index contributed by atoms with van der Waals surface area (Å²) < 4.78 is 1.67. The number of rotatable bonds is 3. The van der Waals surface area contributed by atoms with Gasteiger partial charge in [0.25, 0.3) is 0 Å². The molecule has 10 nitrogen and oxygen atoms in total. The molecule has 0 unspecified atom stereocenters. The van der Waals surface area contributed by atoms with E-state index in [-0.39, 0.29) is 17.7 Å². The Morgan fingerprint density at radius 3 is 2.81 bits per heavy atom. The molecule has 3 aromatic rings. The minimum absolute atomic E-state index is 0.235. The molecule has 5 rings (SSSR count). The first-order valence-electron chi connectivity index (χ1n) is 8.95. The maximum absolute atomic E-state index is 11.4. The summed E-state index contributed by atoms with van der Waals surface area (Å²) in [7, 11) is 0. The molecular weight excluding hydrogens is 350 g/mol. The van der Waals surface area contributed by atoms with Crippen LogP contribution in [0, 0.1) is 0 Å². The van der Waals surface area contributed by atoms with Crippen LogP contribution in [0.5, 0.6) is 5.88 Å². The van der Waals surface area contributed by atoms with E-state index in [0.29, 0.717) is 35.4 Å². The van der Waals surface area contributed by atoms with E-state index in [1.807, 2.05) is 11.0 Å². The molecule has 2 fully saturated rings. The molecule has 4 heterocycles. The molecule has 0 amide bonds. The monoisotopic (exact) mass is 369 g/mol. The number of H-pyrrole nitrogens is 2. The highest BCUT2D eigenvalue weighted by Gasteiger charge is 2.24. The average molecular weight is 369 g/mol. The van der Waals surface area contributed by atoms with Crippen LogP contribution >= 0.6 is 0 Å². The molecule has 2 aliphatic rings. The third kappa shape index (κ3) is 2.97. The number of imidazole rings is 1. The zero-order valence-corrected chi connectivity index (χ0v) is 14.5. The maximum atomic E-state index is 11.4. The molecule has 1 aliphatic heterocycles. The van der Waals surface area contributed by atoms with Crippen molar-refractivity contribution in [2.45, 2.75) is 31.4 Å². The zero-order chi connectivity index (χ0) is 18.5. The first kappa shape index (κ1) is 16.1. The number of aromatic hydroxyl groups is 1. The van der Waals surface area contributed by atoms with Gasteiger partial charge in [-0.2, -0.15) is 9.61 Å². The number of hydrogen-bond donors (Lipinski definition) is 4. The molecule has 140 valence electrons. The lowest BCUT2D eigenvalue weighted by Crippen LogP contribution is -2.27. The van der Waals surface area contributed by atoms with Gasteiger partial charge in [0.05, 0.1) is 18.3 Å². The summed E-state index contributed by atoms with van der Waals surface area (Å²) in [5.74, 6) is 0.501. The van der Waals surface area contributed by atoms with Crippen molar-refractivity contribution in [2.24, 2.45) is 4.99 Å². The molecule has 0 bridgehead atoms. The highest BCUT2D eigenvalue weighted by molar-refractivity contribution is 5.58. The number of nitrogens with zero attached hydrogens (tertiary/aromatic N) is 5. The van der Waals surface area contributed by atoms with Gasteiger partial charge < -0.3 is 20.1 Å². The van der Waals surface area contributed by atoms with Gasteiger partial charge in [-0.1, -0.05) is 0 Å². The number of nitrogens with one attached hydrogen (secondary N) is 2. The predicted molar refractivity (Wildman–Crippen MR) is 96.3 cm³/mol. The summed E-state index contributed by atoms with van der Waals surface area (Å²) in [5, 5.41) is 24.7. The predicted octanol–water partition coefficient (Wildman–Crippen LogP) is -1.37. The van der Waals surface area contributed by atoms with E-state index in [1.165, 1.54) is 0 Å². The molecule has 1 atom stereocenters. The van der Waals surface area contributed by atoms with Gasteiger partial charge in [0.1, 0.15) is 11.5 Å². The Kier molecular flexibility index (Phi) is 3.54. The van der Waals surface area contributed by atoms with Crippen molar-refractivity contribution in [2.75, 3.05) is 18.0 Å². The van der Waals surface area contributed by atoms with Gasteiger partial charge in [-0.3, -0.25) is 9.98 Å². The molecule has 4 N–H and O–H groups in total. The summed E-state index contributed by atoms with van der Waals surface area (Å²) in [6, 6.07) is 2.21. The Labute approximate surface area is 152 Å². The molecule has 0 radical (unpaired) electrons. The number of aliphatic hydroxyl groups excluding tert-OH is 1. The quantitative estimate of drug-likeness (QED) is 0.450. The van der Waals surface area contributed by atoms with Crippen molar-refractivity contribution in [3.8, 4) is 5.88 Å². The zero-order valence-electron chi connectivity index (χ0n) is 14.5. The van der Waals surface area contributed by atoms with Crippen LogP contribution in [0.25, 0.3) is 11.7 Å². The van der Waals surface area contributed by atoms with Crippen molar-refractivity contribution in [1.82, 2.24) is 24.6 Å². The van der Waals surface area contributed by atoms with Gasteiger partial charge >= 0.3 is 5.69 Å². The molecule has 0 spiro atoms. The second kappa shape index (κ2) is 5.95. The van der Waals surface area contributed by atoms with E-state index in [2.05, 4.69) is 15.1 Å². The molecule has 1 saturated heterocycles.